The normalized spacial score (nSPS) is 11.7. The maximum Gasteiger partial charge on any atom is 0.156 e. The number of rotatable bonds is 4. The molecule has 1 nitrogen and oxygen atoms in total. The number of hydrogen-bond acceptors (Lipinski definition) is 1. The van der Waals surface area contributed by atoms with E-state index >= 15 is 0 Å². The molecule has 0 aliphatic heterocycles. The molecule has 0 N–H and O–H groups in total. The SMILES string of the molecule is CCCCC(=CBr)C(C)=O. The second-order valence-corrected chi connectivity index (χ2v) is 2.75. The summed E-state index contributed by atoms with van der Waals surface area (Å²) >= 11 is 3.16. The molecule has 10 heavy (non-hydrogen) atoms. The lowest BCUT2D eigenvalue weighted by atomic mass is 10.1. The molecule has 0 heterocycles. The number of hydrogen-bond donors (Lipinski definition) is 0. The lowest BCUT2D eigenvalue weighted by molar-refractivity contribution is -0.113. The van der Waals surface area contributed by atoms with Crippen LogP contribution in [0.3, 0.4) is 0 Å². The third-order valence-electron chi connectivity index (χ3n) is 1.38. The van der Waals surface area contributed by atoms with Crippen molar-refractivity contribution in [2.75, 3.05) is 0 Å². The van der Waals surface area contributed by atoms with Crippen molar-refractivity contribution in [3.63, 3.8) is 0 Å². The molecule has 0 atom stereocenters. The summed E-state index contributed by atoms with van der Waals surface area (Å²) in [5.41, 5.74) is 0.891. The molecule has 0 aromatic carbocycles. The van der Waals surface area contributed by atoms with Gasteiger partial charge in [-0.15, -0.1) is 0 Å². The summed E-state index contributed by atoms with van der Waals surface area (Å²) < 4.78 is 0. The first kappa shape index (κ1) is 9.89. The Kier molecular flexibility index (Phi) is 5.60. The first-order chi connectivity index (χ1) is 4.72. The fourth-order valence-electron chi connectivity index (χ4n) is 0.675. The van der Waals surface area contributed by atoms with E-state index in [0.29, 0.717) is 0 Å². The molecule has 0 unspecified atom stereocenters. The van der Waals surface area contributed by atoms with E-state index in [9.17, 15) is 4.79 Å². The van der Waals surface area contributed by atoms with Crippen molar-refractivity contribution in [1.29, 1.82) is 0 Å². The van der Waals surface area contributed by atoms with Gasteiger partial charge in [-0.3, -0.25) is 4.79 Å². The third kappa shape index (κ3) is 3.83. The Labute approximate surface area is 70.6 Å². The van der Waals surface area contributed by atoms with Crippen molar-refractivity contribution in [2.24, 2.45) is 0 Å². The molecule has 0 fully saturated rings. The van der Waals surface area contributed by atoms with Crippen LogP contribution in [0.25, 0.3) is 0 Å². The number of ketones is 1. The molecule has 0 saturated carbocycles. The highest BCUT2D eigenvalue weighted by molar-refractivity contribution is 9.11. The summed E-state index contributed by atoms with van der Waals surface area (Å²) in [6.45, 7) is 3.72. The van der Waals surface area contributed by atoms with Gasteiger partial charge in [0, 0.05) is 5.57 Å². The van der Waals surface area contributed by atoms with Gasteiger partial charge in [-0.05, 0) is 24.8 Å². The molecule has 58 valence electrons. The maximum atomic E-state index is 10.8. The standard InChI is InChI=1S/C8H13BrO/c1-3-4-5-8(6-9)7(2)10/h6H,3-5H2,1-2H3. The van der Waals surface area contributed by atoms with Crippen molar-refractivity contribution in [1.82, 2.24) is 0 Å². The van der Waals surface area contributed by atoms with Crippen LogP contribution >= 0.6 is 15.9 Å². The highest BCUT2D eigenvalue weighted by Gasteiger charge is 2.00. The Bertz CT molecular complexity index is 138. The van der Waals surface area contributed by atoms with E-state index in [0.717, 1.165) is 24.8 Å². The predicted octanol–water partition coefficient (Wildman–Crippen LogP) is 3.04. The molecule has 0 spiro atoms. The van der Waals surface area contributed by atoms with Gasteiger partial charge in [-0.2, -0.15) is 0 Å². The summed E-state index contributed by atoms with van der Waals surface area (Å²) in [7, 11) is 0. The van der Waals surface area contributed by atoms with Crippen LogP contribution in [0.2, 0.25) is 0 Å². The van der Waals surface area contributed by atoms with Gasteiger partial charge in [0.25, 0.3) is 0 Å². The first-order valence-corrected chi connectivity index (χ1v) is 4.44. The monoisotopic (exact) mass is 204 g/mol. The lowest BCUT2D eigenvalue weighted by Crippen LogP contribution is -1.94. The van der Waals surface area contributed by atoms with Crippen LogP contribution in [0.5, 0.6) is 0 Å². The largest absolute Gasteiger partial charge is 0.295 e. The Hall–Kier alpha value is -0.110. The van der Waals surface area contributed by atoms with Crippen LogP contribution in [0.4, 0.5) is 0 Å². The zero-order valence-corrected chi connectivity index (χ0v) is 8.07. The van der Waals surface area contributed by atoms with Crippen molar-refractivity contribution < 1.29 is 4.79 Å². The average Bonchev–Trinajstić information content (AvgIpc) is 1.89. The van der Waals surface area contributed by atoms with Gasteiger partial charge in [0.15, 0.2) is 5.78 Å². The van der Waals surface area contributed by atoms with Crippen LogP contribution in [-0.2, 0) is 4.79 Å². The smallest absolute Gasteiger partial charge is 0.156 e. The molecular weight excluding hydrogens is 192 g/mol. The summed E-state index contributed by atoms with van der Waals surface area (Å²) in [6, 6.07) is 0. The summed E-state index contributed by atoms with van der Waals surface area (Å²) in [4.78, 5) is 12.5. The molecule has 0 amide bonds. The fourth-order valence-corrected chi connectivity index (χ4v) is 1.23. The van der Waals surface area contributed by atoms with Crippen molar-refractivity contribution in [3.05, 3.63) is 10.6 Å². The molecule has 0 bridgehead atoms. The number of carbonyl (C=O) groups is 1. The zero-order chi connectivity index (χ0) is 7.98. The van der Waals surface area contributed by atoms with E-state index in [1.807, 2.05) is 0 Å². The first-order valence-electron chi connectivity index (χ1n) is 3.52. The summed E-state index contributed by atoms with van der Waals surface area (Å²) in [5, 5.41) is 0. The molecular formula is C8H13BrO. The quantitative estimate of drug-likeness (QED) is 0.644. The number of carbonyl (C=O) groups excluding carboxylic acids is 1. The third-order valence-corrected chi connectivity index (χ3v) is 1.94. The van der Waals surface area contributed by atoms with E-state index < -0.39 is 0 Å². The van der Waals surface area contributed by atoms with Crippen LogP contribution in [0, 0.1) is 0 Å². The molecule has 0 radical (unpaired) electrons. The van der Waals surface area contributed by atoms with Crippen LogP contribution in [-0.4, -0.2) is 5.78 Å². The van der Waals surface area contributed by atoms with Crippen LogP contribution in [0.15, 0.2) is 10.6 Å². The van der Waals surface area contributed by atoms with E-state index in [1.54, 1.807) is 11.9 Å². The number of Topliss-reactive ketones (excluding diaryl/α,β-unsaturated/α-hetero) is 1. The average molecular weight is 205 g/mol. The van der Waals surface area contributed by atoms with E-state index in [2.05, 4.69) is 22.9 Å². The highest BCUT2D eigenvalue weighted by atomic mass is 79.9. The van der Waals surface area contributed by atoms with Gasteiger partial charge in [-0.25, -0.2) is 0 Å². The minimum Gasteiger partial charge on any atom is -0.295 e. The molecule has 0 aliphatic carbocycles. The van der Waals surface area contributed by atoms with Gasteiger partial charge in [0.2, 0.25) is 0 Å². The Morgan fingerprint density at radius 3 is 2.50 bits per heavy atom. The van der Waals surface area contributed by atoms with Crippen molar-refractivity contribution >= 4 is 21.7 Å². The number of allylic oxidation sites excluding steroid dienone is 1. The Balaban J connectivity index is 3.74. The maximum absolute atomic E-state index is 10.8. The minimum atomic E-state index is 0.172. The lowest BCUT2D eigenvalue weighted by Gasteiger charge is -1.98. The molecule has 0 aromatic heterocycles. The Morgan fingerprint density at radius 2 is 2.20 bits per heavy atom. The van der Waals surface area contributed by atoms with Crippen molar-refractivity contribution in [2.45, 2.75) is 33.1 Å². The van der Waals surface area contributed by atoms with Crippen molar-refractivity contribution in [3.8, 4) is 0 Å². The fraction of sp³-hybridized carbons (Fsp3) is 0.625. The molecule has 0 rings (SSSR count). The van der Waals surface area contributed by atoms with Gasteiger partial charge >= 0.3 is 0 Å². The number of halogens is 1. The summed E-state index contributed by atoms with van der Waals surface area (Å²) in [6.07, 6.45) is 3.13. The zero-order valence-electron chi connectivity index (χ0n) is 6.48. The highest BCUT2D eigenvalue weighted by Crippen LogP contribution is 2.09. The second-order valence-electron chi connectivity index (χ2n) is 2.29. The number of unbranched alkanes of at least 4 members (excludes halogenated alkanes) is 1. The topological polar surface area (TPSA) is 17.1 Å². The molecule has 2 heteroatoms. The predicted molar refractivity (Wildman–Crippen MR) is 47.2 cm³/mol. The second kappa shape index (κ2) is 5.66. The van der Waals surface area contributed by atoms with Crippen LogP contribution in [0.1, 0.15) is 33.1 Å². The van der Waals surface area contributed by atoms with Gasteiger partial charge < -0.3 is 0 Å². The van der Waals surface area contributed by atoms with E-state index in [1.165, 1.54) is 0 Å². The molecule has 0 aliphatic rings. The molecule has 0 aromatic rings. The van der Waals surface area contributed by atoms with Gasteiger partial charge in [-0.1, -0.05) is 29.3 Å². The van der Waals surface area contributed by atoms with Crippen LogP contribution < -0.4 is 0 Å². The summed E-state index contributed by atoms with van der Waals surface area (Å²) in [5.74, 6) is 0.172. The van der Waals surface area contributed by atoms with E-state index in [-0.39, 0.29) is 5.78 Å². The van der Waals surface area contributed by atoms with E-state index in [4.69, 9.17) is 0 Å². The van der Waals surface area contributed by atoms with Gasteiger partial charge in [0.1, 0.15) is 0 Å². The minimum absolute atomic E-state index is 0.172. The van der Waals surface area contributed by atoms with Gasteiger partial charge in [0.05, 0.1) is 0 Å². The Morgan fingerprint density at radius 1 is 1.60 bits per heavy atom. The molecule has 0 saturated heterocycles.